The fourth-order valence-electron chi connectivity index (χ4n) is 0.905. The zero-order chi connectivity index (χ0) is 9.45. The lowest BCUT2D eigenvalue weighted by Crippen LogP contribution is -2.44. The molecular formula is C8H23AlO4Si. The monoisotopic (exact) mass is 238 g/mol. The van der Waals surface area contributed by atoms with E-state index in [-0.39, 0.29) is 22.8 Å². The fraction of sp³-hybridized carbons (Fsp3) is 0.750. The van der Waals surface area contributed by atoms with Crippen molar-refractivity contribution in [3.8, 4) is 0 Å². The molecule has 0 radical (unpaired) electrons. The maximum absolute atomic E-state index is 5.44. The molecule has 0 aliphatic carbocycles. The van der Waals surface area contributed by atoms with Crippen molar-refractivity contribution in [3.63, 3.8) is 0 Å². The van der Waals surface area contributed by atoms with Crippen molar-refractivity contribution in [2.75, 3.05) is 19.8 Å². The van der Waals surface area contributed by atoms with Gasteiger partial charge in [-0.1, -0.05) is 6.58 Å². The van der Waals surface area contributed by atoms with E-state index in [0.717, 1.165) is 0 Å². The van der Waals surface area contributed by atoms with E-state index >= 15 is 0 Å². The predicted molar refractivity (Wildman–Crippen MR) is 64.4 cm³/mol. The summed E-state index contributed by atoms with van der Waals surface area (Å²) in [4.78, 5) is 0. The Morgan fingerprint density at radius 2 is 1.29 bits per heavy atom. The Morgan fingerprint density at radius 1 is 1.00 bits per heavy atom. The average Bonchev–Trinajstić information content (AvgIpc) is 2.06. The minimum absolute atomic E-state index is 0. The van der Waals surface area contributed by atoms with Gasteiger partial charge in [0.15, 0.2) is 17.4 Å². The van der Waals surface area contributed by atoms with E-state index in [1.165, 1.54) is 0 Å². The van der Waals surface area contributed by atoms with Gasteiger partial charge in [0.25, 0.3) is 0 Å². The summed E-state index contributed by atoms with van der Waals surface area (Å²) in [5, 5.41) is 0. The average molecular weight is 238 g/mol. The molecule has 0 rings (SSSR count). The van der Waals surface area contributed by atoms with Gasteiger partial charge in [0.05, 0.1) is 0 Å². The second-order valence-corrected chi connectivity index (χ2v) is 4.59. The first-order valence-corrected chi connectivity index (χ1v) is 6.10. The van der Waals surface area contributed by atoms with E-state index in [9.17, 15) is 0 Å². The minimum Gasteiger partial charge on any atom is -0.412 e. The molecular weight excluding hydrogens is 215 g/mol. The smallest absolute Gasteiger partial charge is 0.412 e. The topological polar surface area (TPSA) is 59.2 Å². The molecule has 0 aliphatic heterocycles. The number of rotatable bonds is 7. The Bertz CT molecular complexity index is 117. The van der Waals surface area contributed by atoms with Crippen LogP contribution in [0.25, 0.3) is 0 Å². The fourth-order valence-corrected chi connectivity index (χ4v) is 2.72. The Hall–Kier alpha value is 0.329. The van der Waals surface area contributed by atoms with Crippen LogP contribution in [0.3, 0.4) is 0 Å². The van der Waals surface area contributed by atoms with Crippen molar-refractivity contribution in [1.29, 1.82) is 0 Å². The number of hydrogen-bond acceptors (Lipinski definition) is 3. The molecule has 14 heavy (non-hydrogen) atoms. The molecule has 86 valence electrons. The Labute approximate surface area is 98.1 Å². The van der Waals surface area contributed by atoms with Crippen LogP contribution in [0.15, 0.2) is 12.3 Å². The van der Waals surface area contributed by atoms with Crippen LogP contribution in [0, 0.1) is 0 Å². The SMILES string of the molecule is C=C[Si](OCC)(OCC)OCC.O.[AlH3]. The van der Waals surface area contributed by atoms with Crippen LogP contribution < -0.4 is 0 Å². The molecule has 0 atom stereocenters. The predicted octanol–water partition coefficient (Wildman–Crippen LogP) is -0.249. The van der Waals surface area contributed by atoms with Gasteiger partial charge in [0, 0.05) is 19.8 Å². The maximum atomic E-state index is 5.44. The molecule has 0 bridgehead atoms. The highest BCUT2D eigenvalue weighted by Gasteiger charge is 2.36. The molecule has 0 saturated heterocycles. The van der Waals surface area contributed by atoms with Crippen LogP contribution in [-0.4, -0.2) is 51.5 Å². The maximum Gasteiger partial charge on any atom is 0.528 e. The van der Waals surface area contributed by atoms with Crippen molar-refractivity contribution < 1.29 is 18.8 Å². The van der Waals surface area contributed by atoms with E-state index in [1.54, 1.807) is 5.70 Å². The van der Waals surface area contributed by atoms with E-state index in [2.05, 4.69) is 6.58 Å². The molecule has 0 unspecified atom stereocenters. The van der Waals surface area contributed by atoms with Crippen LogP contribution in [0.5, 0.6) is 0 Å². The highest BCUT2D eigenvalue weighted by atomic mass is 28.4. The van der Waals surface area contributed by atoms with Crippen molar-refractivity contribution in [3.05, 3.63) is 12.3 Å². The van der Waals surface area contributed by atoms with Gasteiger partial charge in [0.2, 0.25) is 0 Å². The zero-order valence-electron chi connectivity index (χ0n) is 8.63. The highest BCUT2D eigenvalue weighted by molar-refractivity contribution is 6.66. The van der Waals surface area contributed by atoms with Crippen LogP contribution >= 0.6 is 0 Å². The largest absolute Gasteiger partial charge is 0.528 e. The molecule has 0 spiro atoms. The molecule has 6 heteroatoms. The molecule has 2 N–H and O–H groups in total. The molecule has 0 aliphatic rings. The van der Waals surface area contributed by atoms with E-state index in [4.69, 9.17) is 13.3 Å². The second kappa shape index (κ2) is 11.4. The lowest BCUT2D eigenvalue weighted by atomic mass is 10.9. The van der Waals surface area contributed by atoms with Gasteiger partial charge in [-0.25, -0.2) is 0 Å². The lowest BCUT2D eigenvalue weighted by molar-refractivity contribution is 0.0844. The highest BCUT2D eigenvalue weighted by Crippen LogP contribution is 2.10. The van der Waals surface area contributed by atoms with Gasteiger partial charge in [0.1, 0.15) is 0 Å². The molecule has 0 aromatic carbocycles. The molecule has 4 nitrogen and oxygen atoms in total. The van der Waals surface area contributed by atoms with E-state index < -0.39 is 8.80 Å². The first-order chi connectivity index (χ1) is 5.74. The summed E-state index contributed by atoms with van der Waals surface area (Å²) in [5.41, 5.74) is 1.67. The Morgan fingerprint density at radius 3 is 1.43 bits per heavy atom. The van der Waals surface area contributed by atoms with Gasteiger partial charge in [-0.2, -0.15) is 0 Å². The first kappa shape index (κ1) is 19.8. The van der Waals surface area contributed by atoms with Crippen LogP contribution in [0.4, 0.5) is 0 Å². The molecule has 0 amide bonds. The third kappa shape index (κ3) is 6.73. The Kier molecular flexibility index (Phi) is 16.2. The summed E-state index contributed by atoms with van der Waals surface area (Å²) in [6.07, 6.45) is 0. The van der Waals surface area contributed by atoms with E-state index in [1.807, 2.05) is 20.8 Å². The number of hydrogen-bond donors (Lipinski definition) is 0. The Balaban J connectivity index is -0.000000605. The molecule has 0 heterocycles. The standard InChI is InChI=1S/C8H18O3Si.Al.H2O.3H/c1-5-9-12(8-4,10-6-2)11-7-3;;;;;/h8H,4-7H2,1-3H3;;1H2;;;. The van der Waals surface area contributed by atoms with Crippen molar-refractivity contribution in [2.45, 2.75) is 20.8 Å². The molecule has 0 fully saturated rings. The summed E-state index contributed by atoms with van der Waals surface area (Å²) >= 11 is 0. The van der Waals surface area contributed by atoms with Gasteiger partial charge in [-0.15, -0.1) is 0 Å². The second-order valence-electron chi connectivity index (χ2n) is 2.11. The summed E-state index contributed by atoms with van der Waals surface area (Å²) in [5.74, 6) is 0. The van der Waals surface area contributed by atoms with E-state index in [0.29, 0.717) is 19.8 Å². The van der Waals surface area contributed by atoms with Crippen molar-refractivity contribution in [2.24, 2.45) is 0 Å². The quantitative estimate of drug-likeness (QED) is 0.575. The van der Waals surface area contributed by atoms with Gasteiger partial charge < -0.3 is 18.8 Å². The third-order valence-corrected chi connectivity index (χ3v) is 3.86. The van der Waals surface area contributed by atoms with Crippen LogP contribution in [0.1, 0.15) is 20.8 Å². The lowest BCUT2D eigenvalue weighted by Gasteiger charge is -2.24. The summed E-state index contributed by atoms with van der Waals surface area (Å²) in [6, 6.07) is 0. The van der Waals surface area contributed by atoms with Gasteiger partial charge in [-0.3, -0.25) is 0 Å². The normalized spacial score (nSPS) is 9.93. The van der Waals surface area contributed by atoms with Gasteiger partial charge >= 0.3 is 8.80 Å². The summed E-state index contributed by atoms with van der Waals surface area (Å²) in [7, 11) is -2.51. The molecule has 0 aromatic rings. The summed E-state index contributed by atoms with van der Waals surface area (Å²) < 4.78 is 16.3. The van der Waals surface area contributed by atoms with Crippen molar-refractivity contribution in [1.82, 2.24) is 0 Å². The minimum atomic E-state index is -2.51. The third-order valence-electron chi connectivity index (χ3n) is 1.29. The zero-order valence-corrected chi connectivity index (χ0v) is 9.63. The summed E-state index contributed by atoms with van der Waals surface area (Å²) in [6.45, 7) is 11.2. The van der Waals surface area contributed by atoms with Crippen LogP contribution in [-0.2, 0) is 13.3 Å². The molecule has 0 saturated carbocycles. The van der Waals surface area contributed by atoms with Crippen molar-refractivity contribution >= 4 is 26.2 Å². The van der Waals surface area contributed by atoms with Gasteiger partial charge in [-0.05, 0) is 26.5 Å². The molecule has 0 aromatic heterocycles. The first-order valence-electron chi connectivity index (χ1n) is 4.30. The van der Waals surface area contributed by atoms with Crippen LogP contribution in [0.2, 0.25) is 0 Å².